The van der Waals surface area contributed by atoms with Gasteiger partial charge >= 0.3 is 0 Å². The number of benzene rings is 1. The molecular formula is C17H23ClN2O. The summed E-state index contributed by atoms with van der Waals surface area (Å²) in [5, 5.41) is -0.110. The molecule has 4 heteroatoms. The molecule has 1 aromatic carbocycles. The maximum atomic E-state index is 6.40. The van der Waals surface area contributed by atoms with E-state index in [0.717, 1.165) is 22.6 Å². The maximum Gasteiger partial charge on any atom is 0.147 e. The quantitative estimate of drug-likeness (QED) is 0.741. The zero-order valence-electron chi connectivity index (χ0n) is 13.2. The van der Waals surface area contributed by atoms with Crippen molar-refractivity contribution in [2.24, 2.45) is 0 Å². The third-order valence-electron chi connectivity index (χ3n) is 4.36. The van der Waals surface area contributed by atoms with Crippen LogP contribution < -0.4 is 4.74 Å². The second-order valence-electron chi connectivity index (χ2n) is 6.56. The summed E-state index contributed by atoms with van der Waals surface area (Å²) in [5.41, 5.74) is 2.21. The lowest BCUT2D eigenvalue weighted by Crippen LogP contribution is -2.38. The standard InChI is InChI=1S/C17H23ClN2O/c1-11(2)21-14-8-5-7-13-15(14)19-16(12(3)18)20(13)17(4)9-6-10-17/h5,7-8,11-12H,6,9-10H2,1-4H3. The molecule has 0 aliphatic heterocycles. The van der Waals surface area contributed by atoms with Gasteiger partial charge in [0.15, 0.2) is 0 Å². The maximum absolute atomic E-state index is 6.40. The molecule has 1 aromatic heterocycles. The predicted molar refractivity (Wildman–Crippen MR) is 87.3 cm³/mol. The van der Waals surface area contributed by atoms with Crippen LogP contribution in [-0.4, -0.2) is 15.7 Å². The number of alkyl halides is 1. The van der Waals surface area contributed by atoms with E-state index in [2.05, 4.69) is 17.6 Å². The summed E-state index contributed by atoms with van der Waals surface area (Å²) in [7, 11) is 0. The van der Waals surface area contributed by atoms with Gasteiger partial charge in [0.25, 0.3) is 0 Å². The van der Waals surface area contributed by atoms with Gasteiger partial charge in [-0.1, -0.05) is 6.07 Å². The molecule has 1 heterocycles. The predicted octanol–water partition coefficient (Wildman–Crippen LogP) is 5.02. The zero-order valence-corrected chi connectivity index (χ0v) is 13.9. The molecule has 0 spiro atoms. The average molecular weight is 307 g/mol. The Balaban J connectivity index is 2.22. The van der Waals surface area contributed by atoms with Gasteiger partial charge in [-0.15, -0.1) is 11.6 Å². The highest BCUT2D eigenvalue weighted by Crippen LogP contribution is 2.44. The normalized spacial score (nSPS) is 18.8. The Morgan fingerprint density at radius 2 is 2.00 bits per heavy atom. The van der Waals surface area contributed by atoms with Crippen molar-refractivity contribution in [3.05, 3.63) is 24.0 Å². The van der Waals surface area contributed by atoms with Gasteiger partial charge in [0.05, 0.1) is 17.0 Å². The van der Waals surface area contributed by atoms with E-state index in [1.54, 1.807) is 0 Å². The first-order valence-corrected chi connectivity index (χ1v) is 8.18. The summed E-state index contributed by atoms with van der Waals surface area (Å²) >= 11 is 6.40. The van der Waals surface area contributed by atoms with Crippen LogP contribution in [0.25, 0.3) is 11.0 Å². The van der Waals surface area contributed by atoms with Crippen LogP contribution in [0.3, 0.4) is 0 Å². The van der Waals surface area contributed by atoms with E-state index in [1.807, 2.05) is 32.9 Å². The molecule has 1 atom stereocenters. The molecule has 1 fully saturated rings. The van der Waals surface area contributed by atoms with Crippen LogP contribution in [0.15, 0.2) is 18.2 Å². The number of hydrogen-bond acceptors (Lipinski definition) is 2. The third-order valence-corrected chi connectivity index (χ3v) is 4.56. The minimum atomic E-state index is -0.110. The Morgan fingerprint density at radius 1 is 1.29 bits per heavy atom. The fourth-order valence-corrected chi connectivity index (χ4v) is 3.33. The molecule has 1 aliphatic rings. The molecule has 0 N–H and O–H groups in total. The first kappa shape index (κ1) is 14.7. The van der Waals surface area contributed by atoms with E-state index in [-0.39, 0.29) is 17.0 Å². The molecule has 0 saturated heterocycles. The van der Waals surface area contributed by atoms with Crippen LogP contribution in [0, 0.1) is 0 Å². The van der Waals surface area contributed by atoms with Crippen LogP contribution in [0.2, 0.25) is 0 Å². The second kappa shape index (κ2) is 5.20. The van der Waals surface area contributed by atoms with Crippen molar-refractivity contribution in [2.45, 2.75) is 64.0 Å². The van der Waals surface area contributed by atoms with Gasteiger partial charge in [-0.3, -0.25) is 0 Å². The highest BCUT2D eigenvalue weighted by molar-refractivity contribution is 6.20. The molecule has 1 unspecified atom stereocenters. The summed E-state index contributed by atoms with van der Waals surface area (Å²) in [6, 6.07) is 6.16. The van der Waals surface area contributed by atoms with E-state index >= 15 is 0 Å². The second-order valence-corrected chi connectivity index (χ2v) is 7.22. The lowest BCUT2D eigenvalue weighted by atomic mass is 9.78. The monoisotopic (exact) mass is 306 g/mol. The van der Waals surface area contributed by atoms with Gasteiger partial charge in [0.1, 0.15) is 17.1 Å². The van der Waals surface area contributed by atoms with Gasteiger partial charge in [-0.05, 0) is 59.1 Å². The first-order chi connectivity index (χ1) is 9.92. The van der Waals surface area contributed by atoms with E-state index in [0.29, 0.717) is 0 Å². The van der Waals surface area contributed by atoms with Crippen molar-refractivity contribution < 1.29 is 4.74 Å². The van der Waals surface area contributed by atoms with E-state index in [9.17, 15) is 0 Å². The smallest absolute Gasteiger partial charge is 0.147 e. The molecule has 3 rings (SSSR count). The van der Waals surface area contributed by atoms with E-state index in [4.69, 9.17) is 21.3 Å². The number of rotatable bonds is 4. The van der Waals surface area contributed by atoms with Crippen molar-refractivity contribution in [2.75, 3.05) is 0 Å². The lowest BCUT2D eigenvalue weighted by Gasteiger charge is -2.41. The average Bonchev–Trinajstić information content (AvgIpc) is 2.76. The Morgan fingerprint density at radius 3 is 2.52 bits per heavy atom. The van der Waals surface area contributed by atoms with Gasteiger partial charge in [-0.2, -0.15) is 0 Å². The summed E-state index contributed by atoms with van der Waals surface area (Å²) in [6.07, 6.45) is 3.78. The molecule has 21 heavy (non-hydrogen) atoms. The molecular weight excluding hydrogens is 284 g/mol. The lowest BCUT2D eigenvalue weighted by molar-refractivity contribution is 0.169. The minimum Gasteiger partial charge on any atom is -0.489 e. The van der Waals surface area contributed by atoms with Crippen LogP contribution in [-0.2, 0) is 5.54 Å². The van der Waals surface area contributed by atoms with Crippen molar-refractivity contribution in [3.8, 4) is 5.75 Å². The number of ether oxygens (including phenoxy) is 1. The van der Waals surface area contributed by atoms with Crippen molar-refractivity contribution in [1.82, 2.24) is 9.55 Å². The summed E-state index contributed by atoms with van der Waals surface area (Å²) in [5.74, 6) is 1.80. The molecule has 114 valence electrons. The van der Waals surface area contributed by atoms with Gasteiger partial charge in [0.2, 0.25) is 0 Å². The van der Waals surface area contributed by atoms with Crippen LogP contribution in [0.4, 0.5) is 0 Å². The summed E-state index contributed by atoms with van der Waals surface area (Å²) in [4.78, 5) is 4.82. The van der Waals surface area contributed by atoms with Crippen LogP contribution >= 0.6 is 11.6 Å². The Kier molecular flexibility index (Phi) is 3.64. The summed E-state index contributed by atoms with van der Waals surface area (Å²) in [6.45, 7) is 8.36. The van der Waals surface area contributed by atoms with Crippen molar-refractivity contribution in [3.63, 3.8) is 0 Å². The first-order valence-electron chi connectivity index (χ1n) is 7.75. The number of para-hydroxylation sites is 1. The number of halogens is 1. The fraction of sp³-hybridized carbons (Fsp3) is 0.588. The van der Waals surface area contributed by atoms with Gasteiger partial charge in [0, 0.05) is 5.54 Å². The topological polar surface area (TPSA) is 27.1 Å². The van der Waals surface area contributed by atoms with Gasteiger partial charge in [-0.25, -0.2) is 4.98 Å². The molecule has 0 amide bonds. The molecule has 1 aliphatic carbocycles. The third kappa shape index (κ3) is 2.42. The Labute approximate surface area is 131 Å². The molecule has 0 bridgehead atoms. The largest absolute Gasteiger partial charge is 0.489 e. The zero-order chi connectivity index (χ0) is 15.2. The molecule has 2 aromatic rings. The van der Waals surface area contributed by atoms with E-state index in [1.165, 1.54) is 19.3 Å². The highest BCUT2D eigenvalue weighted by Gasteiger charge is 2.37. The minimum absolute atomic E-state index is 0.110. The number of aromatic nitrogens is 2. The van der Waals surface area contributed by atoms with Crippen LogP contribution in [0.5, 0.6) is 5.75 Å². The molecule has 3 nitrogen and oxygen atoms in total. The Bertz CT molecular complexity index is 656. The number of hydrogen-bond donors (Lipinski definition) is 0. The van der Waals surface area contributed by atoms with Crippen molar-refractivity contribution in [1.29, 1.82) is 0 Å². The summed E-state index contributed by atoms with van der Waals surface area (Å²) < 4.78 is 8.26. The fourth-order valence-electron chi connectivity index (χ4n) is 3.19. The molecule has 0 radical (unpaired) electrons. The number of imidazole rings is 1. The van der Waals surface area contributed by atoms with Crippen LogP contribution in [0.1, 0.15) is 58.2 Å². The SMILES string of the molecule is CC(C)Oc1cccc2c1nc(C(C)Cl)n2C1(C)CCC1. The highest BCUT2D eigenvalue weighted by atomic mass is 35.5. The molecule has 1 saturated carbocycles. The Hall–Kier alpha value is -1.22. The van der Waals surface area contributed by atoms with E-state index < -0.39 is 0 Å². The van der Waals surface area contributed by atoms with Crippen molar-refractivity contribution >= 4 is 22.6 Å². The number of nitrogens with zero attached hydrogens (tertiary/aromatic N) is 2. The number of fused-ring (bicyclic) bond motifs is 1. The van der Waals surface area contributed by atoms with Gasteiger partial charge < -0.3 is 9.30 Å².